The van der Waals surface area contributed by atoms with Crippen molar-refractivity contribution in [3.05, 3.63) is 68.2 Å². The molecule has 2 N–H and O–H groups in total. The summed E-state index contributed by atoms with van der Waals surface area (Å²) < 4.78 is 53.9. The fourth-order valence-corrected chi connectivity index (χ4v) is 3.71. The third-order valence-electron chi connectivity index (χ3n) is 4.04. The number of amides is 1. The number of carbonyl (C=O) groups excluding carboxylic acids is 1. The molecular formula is C18H14ClF4N3O5S. The third kappa shape index (κ3) is 5.40. The molecule has 2 rings (SSSR count). The molecule has 0 aliphatic carbocycles. The van der Waals surface area contributed by atoms with E-state index >= 15 is 0 Å². The maximum absolute atomic E-state index is 14.5. The van der Waals surface area contributed by atoms with Gasteiger partial charge >= 0.3 is 17.8 Å². The Labute approximate surface area is 186 Å². The van der Waals surface area contributed by atoms with E-state index in [9.17, 15) is 41.8 Å². The number of hydrogen-bond acceptors (Lipinski definition) is 5. The van der Waals surface area contributed by atoms with E-state index in [-0.39, 0.29) is 31.7 Å². The van der Waals surface area contributed by atoms with Crippen LogP contribution in [0.25, 0.3) is 5.69 Å². The molecule has 0 aliphatic heterocycles. The summed E-state index contributed by atoms with van der Waals surface area (Å²) >= 11 is 6.51. The first-order valence-electron chi connectivity index (χ1n) is 8.47. The molecule has 172 valence electrons. The number of carboxylic acid groups (broad SMARTS) is 1. The van der Waals surface area contributed by atoms with Gasteiger partial charge < -0.3 is 10.4 Å². The number of nitrogens with zero attached hydrogens (tertiary/aromatic N) is 2. The van der Waals surface area contributed by atoms with Crippen molar-refractivity contribution in [2.24, 2.45) is 7.05 Å². The predicted molar refractivity (Wildman–Crippen MR) is 108 cm³/mol. The lowest BCUT2D eigenvalue weighted by Crippen LogP contribution is -2.41. The van der Waals surface area contributed by atoms with Gasteiger partial charge in [-0.25, -0.2) is 13.8 Å². The molecule has 0 bridgehead atoms. The van der Waals surface area contributed by atoms with Crippen molar-refractivity contribution in [1.82, 2.24) is 14.5 Å². The van der Waals surface area contributed by atoms with E-state index in [4.69, 9.17) is 11.6 Å². The van der Waals surface area contributed by atoms with Gasteiger partial charge in [-0.3, -0.25) is 19.0 Å². The van der Waals surface area contributed by atoms with Gasteiger partial charge in [0, 0.05) is 24.6 Å². The highest BCUT2D eigenvalue weighted by atomic mass is 35.5. The van der Waals surface area contributed by atoms with Crippen LogP contribution in [0.1, 0.15) is 5.69 Å². The number of alkyl halides is 3. The van der Waals surface area contributed by atoms with Gasteiger partial charge in [0.1, 0.15) is 16.8 Å². The molecule has 1 aromatic carbocycles. The van der Waals surface area contributed by atoms with Crippen molar-refractivity contribution < 1.29 is 32.3 Å². The quantitative estimate of drug-likeness (QED) is 0.346. The van der Waals surface area contributed by atoms with Crippen LogP contribution >= 0.6 is 23.4 Å². The second kappa shape index (κ2) is 9.61. The smallest absolute Gasteiger partial charge is 0.431 e. The van der Waals surface area contributed by atoms with Crippen LogP contribution in [0.5, 0.6) is 0 Å². The second-order valence-corrected chi connectivity index (χ2v) is 7.82. The minimum Gasteiger partial charge on any atom is -0.480 e. The second-order valence-electron chi connectivity index (χ2n) is 6.17. The lowest BCUT2D eigenvalue weighted by molar-refractivity contribution is -0.144. The Kier molecular flexibility index (Phi) is 7.57. The number of nitrogens with one attached hydrogen (secondary N) is 1. The number of rotatable bonds is 7. The summed E-state index contributed by atoms with van der Waals surface area (Å²) in [5, 5.41) is 10.0. The number of carboxylic acids is 1. The molecule has 0 fully saturated rings. The number of aliphatic carboxylic acids is 1. The summed E-state index contributed by atoms with van der Waals surface area (Å²) in [5.74, 6) is -3.23. The van der Waals surface area contributed by atoms with Gasteiger partial charge in [0.05, 0.1) is 10.7 Å². The number of benzene rings is 1. The monoisotopic (exact) mass is 495 g/mol. The molecule has 0 saturated carbocycles. The summed E-state index contributed by atoms with van der Waals surface area (Å²) in [6.07, 6.45) is -4.09. The molecule has 0 radical (unpaired) electrons. The topological polar surface area (TPSA) is 110 Å². The number of carbonyl (C=O) groups is 2. The predicted octanol–water partition coefficient (Wildman–Crippen LogP) is 2.19. The standard InChI is InChI=1S/C18H14ClF4N3O5S/c1-3-14(27)24-7-12(16(29)30)32-11-5-10(9(20)4-8(11)19)26-15(28)6-13(18(21,22)23)25(2)17(26)31/h3-6,12H,1,7H2,2H3,(H,24,27)(H,29,30). The zero-order valence-corrected chi connectivity index (χ0v) is 17.6. The van der Waals surface area contributed by atoms with Crippen molar-refractivity contribution >= 4 is 35.2 Å². The molecule has 14 heteroatoms. The maximum Gasteiger partial charge on any atom is 0.431 e. The van der Waals surface area contributed by atoms with E-state index in [0.29, 0.717) is 17.8 Å². The Balaban J connectivity index is 2.58. The first kappa shape index (κ1) is 25.2. The average Bonchev–Trinajstić information content (AvgIpc) is 2.69. The van der Waals surface area contributed by atoms with Gasteiger partial charge in [0.2, 0.25) is 5.91 Å². The van der Waals surface area contributed by atoms with Crippen LogP contribution in [0.15, 0.2) is 45.3 Å². The normalized spacial score (nSPS) is 12.3. The summed E-state index contributed by atoms with van der Waals surface area (Å²) in [4.78, 5) is 47.3. The van der Waals surface area contributed by atoms with Crippen LogP contribution in [0, 0.1) is 5.82 Å². The van der Waals surface area contributed by atoms with Gasteiger partial charge in [0.25, 0.3) is 5.56 Å². The molecule has 1 aromatic heterocycles. The number of thioether (sulfide) groups is 1. The van der Waals surface area contributed by atoms with E-state index in [1.54, 1.807) is 0 Å². The Morgan fingerprint density at radius 1 is 1.31 bits per heavy atom. The highest BCUT2D eigenvalue weighted by Gasteiger charge is 2.35. The average molecular weight is 496 g/mol. The Hall–Kier alpha value is -3.06. The van der Waals surface area contributed by atoms with Crippen LogP contribution < -0.4 is 16.6 Å². The van der Waals surface area contributed by atoms with Crippen LogP contribution in [0.3, 0.4) is 0 Å². The third-order valence-corrected chi connectivity index (χ3v) is 5.71. The summed E-state index contributed by atoms with van der Waals surface area (Å²) in [7, 11) is 0.757. The van der Waals surface area contributed by atoms with Crippen LogP contribution in [-0.4, -0.2) is 37.9 Å². The minimum atomic E-state index is -5.00. The molecule has 1 amide bonds. The first-order valence-corrected chi connectivity index (χ1v) is 9.73. The molecule has 0 saturated heterocycles. The Bertz CT molecular complexity index is 1210. The van der Waals surface area contributed by atoms with Gasteiger partial charge in [-0.2, -0.15) is 13.2 Å². The van der Waals surface area contributed by atoms with Gasteiger partial charge in [-0.15, -0.1) is 11.8 Å². The maximum atomic E-state index is 14.5. The largest absolute Gasteiger partial charge is 0.480 e. The van der Waals surface area contributed by atoms with Crippen molar-refractivity contribution in [3.63, 3.8) is 0 Å². The Morgan fingerprint density at radius 3 is 2.47 bits per heavy atom. The summed E-state index contributed by atoms with van der Waals surface area (Å²) in [6.45, 7) is 2.84. The first-order chi connectivity index (χ1) is 14.8. The molecule has 1 unspecified atom stereocenters. The van der Waals surface area contributed by atoms with Gasteiger partial charge in [-0.1, -0.05) is 18.2 Å². The zero-order chi connectivity index (χ0) is 24.4. The number of aromatic nitrogens is 2. The molecule has 0 aliphatic rings. The van der Waals surface area contributed by atoms with Gasteiger partial charge in [0.15, 0.2) is 0 Å². The molecule has 32 heavy (non-hydrogen) atoms. The zero-order valence-electron chi connectivity index (χ0n) is 16.1. The van der Waals surface area contributed by atoms with E-state index in [2.05, 4.69) is 11.9 Å². The van der Waals surface area contributed by atoms with Crippen molar-refractivity contribution in [2.75, 3.05) is 6.54 Å². The lowest BCUT2D eigenvalue weighted by Gasteiger charge is -2.17. The van der Waals surface area contributed by atoms with E-state index in [1.807, 2.05) is 0 Å². The Morgan fingerprint density at radius 2 is 1.94 bits per heavy atom. The SMILES string of the molecule is C=CC(=O)NCC(Sc1cc(-n2c(=O)cc(C(F)(F)F)n(C)c2=O)c(F)cc1Cl)C(=O)O. The number of halogens is 5. The van der Waals surface area contributed by atoms with Crippen molar-refractivity contribution in [1.29, 1.82) is 0 Å². The van der Waals surface area contributed by atoms with Crippen LogP contribution in [0.4, 0.5) is 17.6 Å². The fraction of sp³-hybridized carbons (Fsp3) is 0.222. The highest BCUT2D eigenvalue weighted by molar-refractivity contribution is 8.00. The highest BCUT2D eigenvalue weighted by Crippen LogP contribution is 2.34. The van der Waals surface area contributed by atoms with Crippen molar-refractivity contribution in [3.8, 4) is 5.69 Å². The summed E-state index contributed by atoms with van der Waals surface area (Å²) in [6, 6.07) is 1.68. The van der Waals surface area contributed by atoms with Crippen LogP contribution in [0.2, 0.25) is 5.02 Å². The molecule has 0 spiro atoms. The van der Waals surface area contributed by atoms with Crippen LogP contribution in [-0.2, 0) is 22.8 Å². The van der Waals surface area contributed by atoms with Gasteiger partial charge in [-0.05, 0) is 18.2 Å². The van der Waals surface area contributed by atoms with Crippen molar-refractivity contribution in [2.45, 2.75) is 16.3 Å². The van der Waals surface area contributed by atoms with E-state index in [1.165, 1.54) is 0 Å². The minimum absolute atomic E-state index is 0.0998. The lowest BCUT2D eigenvalue weighted by atomic mass is 10.3. The molecule has 1 heterocycles. The molecule has 1 atom stereocenters. The molecule has 2 aromatic rings. The molecule has 8 nitrogen and oxygen atoms in total. The van der Waals surface area contributed by atoms with E-state index < -0.39 is 51.8 Å². The fourth-order valence-electron chi connectivity index (χ4n) is 2.50. The van der Waals surface area contributed by atoms with E-state index in [0.717, 1.165) is 19.2 Å². The molecular weight excluding hydrogens is 482 g/mol. The summed E-state index contributed by atoms with van der Waals surface area (Å²) in [5.41, 5.74) is -5.19. The number of hydrogen-bond donors (Lipinski definition) is 2.